The van der Waals surface area contributed by atoms with Crippen LogP contribution in [-0.2, 0) is 0 Å². The molecule has 0 aliphatic heterocycles. The molecule has 0 aliphatic carbocycles. The van der Waals surface area contributed by atoms with Crippen LogP contribution >= 0.6 is 0 Å². The van der Waals surface area contributed by atoms with E-state index >= 15 is 0 Å². The summed E-state index contributed by atoms with van der Waals surface area (Å²) in [6.45, 7) is 0. The van der Waals surface area contributed by atoms with Gasteiger partial charge in [0.15, 0.2) is 5.69 Å². The zero-order chi connectivity index (χ0) is 11.7. The monoisotopic (exact) mass is 218 g/mol. The number of nitrogens with zero attached hydrogens (tertiary/aromatic N) is 2. The molecule has 1 N–H and O–H groups in total. The molecule has 6 heteroatoms. The fourth-order valence-corrected chi connectivity index (χ4v) is 1.55. The summed E-state index contributed by atoms with van der Waals surface area (Å²) in [7, 11) is 0. The first-order chi connectivity index (χ1) is 7.65. The van der Waals surface area contributed by atoms with Gasteiger partial charge >= 0.3 is 5.69 Å². The lowest BCUT2D eigenvalue weighted by Crippen LogP contribution is -1.90. The second-order valence-corrected chi connectivity index (χ2v) is 3.16. The highest BCUT2D eigenvalue weighted by molar-refractivity contribution is 5.96. The maximum Gasteiger partial charge on any atom is 0.340 e. The van der Waals surface area contributed by atoms with Gasteiger partial charge < -0.3 is 5.11 Å². The van der Waals surface area contributed by atoms with E-state index in [0.29, 0.717) is 10.8 Å². The average Bonchev–Trinajstić information content (AvgIpc) is 2.28. The lowest BCUT2D eigenvalue weighted by atomic mass is 10.1. The van der Waals surface area contributed by atoms with Crippen LogP contribution in [0, 0.1) is 15.0 Å². The quantitative estimate of drug-likeness (QED) is 0.476. The van der Waals surface area contributed by atoms with Crippen molar-refractivity contribution < 1.29 is 10.0 Å². The van der Waals surface area contributed by atoms with Gasteiger partial charge in [0, 0.05) is 5.39 Å². The second kappa shape index (κ2) is 3.58. The number of benzene rings is 2. The molecule has 0 spiro atoms. The van der Waals surface area contributed by atoms with Crippen molar-refractivity contribution in [2.45, 2.75) is 0 Å². The van der Waals surface area contributed by atoms with Crippen molar-refractivity contribution in [2.24, 2.45) is 5.18 Å². The fourth-order valence-electron chi connectivity index (χ4n) is 1.55. The third kappa shape index (κ3) is 1.36. The SMILES string of the molecule is O=Nc1cc2ccccc2c(O)c1[N+](=O)[O-]. The van der Waals surface area contributed by atoms with E-state index < -0.39 is 16.4 Å². The van der Waals surface area contributed by atoms with Crippen LogP contribution in [0.25, 0.3) is 10.8 Å². The largest absolute Gasteiger partial charge is 0.502 e. The molecule has 2 aromatic carbocycles. The molecular weight excluding hydrogens is 212 g/mol. The molecule has 0 fully saturated rings. The molecule has 6 nitrogen and oxygen atoms in total. The molecule has 0 unspecified atom stereocenters. The first-order valence-electron chi connectivity index (χ1n) is 4.37. The van der Waals surface area contributed by atoms with Crippen LogP contribution in [0.5, 0.6) is 5.75 Å². The molecule has 80 valence electrons. The predicted octanol–water partition coefficient (Wildman–Crippen LogP) is 2.85. The summed E-state index contributed by atoms with van der Waals surface area (Å²) < 4.78 is 0. The second-order valence-electron chi connectivity index (χ2n) is 3.16. The average molecular weight is 218 g/mol. The van der Waals surface area contributed by atoms with Gasteiger partial charge in [-0.2, -0.15) is 0 Å². The molecular formula is C10H6N2O4. The minimum absolute atomic E-state index is 0.321. The third-order valence-electron chi connectivity index (χ3n) is 2.26. The van der Waals surface area contributed by atoms with E-state index in [4.69, 9.17) is 0 Å². The molecule has 0 saturated carbocycles. The van der Waals surface area contributed by atoms with Crippen molar-refractivity contribution >= 4 is 22.1 Å². The van der Waals surface area contributed by atoms with Crippen LogP contribution in [-0.4, -0.2) is 10.0 Å². The Bertz CT molecular complexity index is 595. The smallest absolute Gasteiger partial charge is 0.340 e. The number of nitroso groups, excluding NO2 is 1. The number of fused-ring (bicyclic) bond motifs is 1. The first-order valence-corrected chi connectivity index (χ1v) is 4.37. The zero-order valence-corrected chi connectivity index (χ0v) is 7.95. The minimum Gasteiger partial charge on any atom is -0.502 e. The summed E-state index contributed by atoms with van der Waals surface area (Å²) in [5, 5.41) is 23.8. The summed E-state index contributed by atoms with van der Waals surface area (Å²) in [4.78, 5) is 20.3. The van der Waals surface area contributed by atoms with Crippen LogP contribution in [0.15, 0.2) is 35.5 Å². The van der Waals surface area contributed by atoms with E-state index in [1.165, 1.54) is 12.1 Å². The van der Waals surface area contributed by atoms with E-state index in [2.05, 4.69) is 5.18 Å². The van der Waals surface area contributed by atoms with Gasteiger partial charge in [-0.15, -0.1) is 4.91 Å². The van der Waals surface area contributed by atoms with Crippen LogP contribution < -0.4 is 0 Å². The Morgan fingerprint density at radius 2 is 2.00 bits per heavy atom. The molecule has 0 amide bonds. The Labute approximate surface area is 89.3 Å². The predicted molar refractivity (Wildman–Crippen MR) is 57.7 cm³/mol. The molecule has 0 radical (unpaired) electrons. The van der Waals surface area contributed by atoms with Crippen LogP contribution in [0.2, 0.25) is 0 Å². The van der Waals surface area contributed by atoms with E-state index in [1.807, 2.05) is 0 Å². The lowest BCUT2D eigenvalue weighted by molar-refractivity contribution is -0.384. The van der Waals surface area contributed by atoms with Gasteiger partial charge in [0.25, 0.3) is 0 Å². The molecule has 0 bridgehead atoms. The molecule has 16 heavy (non-hydrogen) atoms. The van der Waals surface area contributed by atoms with Gasteiger partial charge in [-0.25, -0.2) is 0 Å². The molecule has 0 aliphatic rings. The summed E-state index contributed by atoms with van der Waals surface area (Å²) in [6.07, 6.45) is 0. The minimum atomic E-state index is -0.821. The van der Waals surface area contributed by atoms with E-state index in [9.17, 15) is 20.1 Å². The number of aromatic hydroxyl groups is 1. The lowest BCUT2D eigenvalue weighted by Gasteiger charge is -2.02. The number of hydrogen-bond acceptors (Lipinski definition) is 5. The van der Waals surface area contributed by atoms with Crippen molar-refractivity contribution in [2.75, 3.05) is 0 Å². The topological polar surface area (TPSA) is 92.8 Å². The Hall–Kier alpha value is -2.50. The van der Waals surface area contributed by atoms with Gasteiger partial charge in [-0.05, 0) is 16.6 Å². The van der Waals surface area contributed by atoms with E-state index in [1.54, 1.807) is 18.2 Å². The highest BCUT2D eigenvalue weighted by Crippen LogP contribution is 2.41. The summed E-state index contributed by atoms with van der Waals surface area (Å²) in [5.41, 5.74) is -1.03. The van der Waals surface area contributed by atoms with Gasteiger partial charge in [-0.3, -0.25) is 10.1 Å². The summed E-state index contributed by atoms with van der Waals surface area (Å²) >= 11 is 0. The van der Waals surface area contributed by atoms with Gasteiger partial charge in [-0.1, -0.05) is 24.3 Å². The Kier molecular flexibility index (Phi) is 2.24. The summed E-state index contributed by atoms with van der Waals surface area (Å²) in [6, 6.07) is 7.78. The molecule has 2 rings (SSSR count). The molecule has 2 aromatic rings. The van der Waals surface area contributed by atoms with Gasteiger partial charge in [0.1, 0.15) is 0 Å². The summed E-state index contributed by atoms with van der Waals surface area (Å²) in [5.74, 6) is -0.530. The molecule has 0 aromatic heterocycles. The Morgan fingerprint density at radius 3 is 2.62 bits per heavy atom. The van der Waals surface area contributed by atoms with E-state index in [-0.39, 0.29) is 5.69 Å². The maximum atomic E-state index is 10.7. The normalized spacial score (nSPS) is 10.2. The highest BCUT2D eigenvalue weighted by atomic mass is 16.6. The van der Waals surface area contributed by atoms with Gasteiger partial charge in [0.2, 0.25) is 5.75 Å². The van der Waals surface area contributed by atoms with Crippen LogP contribution in [0.4, 0.5) is 11.4 Å². The highest BCUT2D eigenvalue weighted by Gasteiger charge is 2.23. The van der Waals surface area contributed by atoms with Crippen LogP contribution in [0.1, 0.15) is 0 Å². The third-order valence-corrected chi connectivity index (χ3v) is 2.26. The van der Waals surface area contributed by atoms with Crippen molar-refractivity contribution in [3.63, 3.8) is 0 Å². The van der Waals surface area contributed by atoms with E-state index in [0.717, 1.165) is 0 Å². The molecule has 0 heterocycles. The van der Waals surface area contributed by atoms with Crippen molar-refractivity contribution in [1.29, 1.82) is 0 Å². The number of phenolic OH excluding ortho intramolecular Hbond substituents is 1. The van der Waals surface area contributed by atoms with Crippen molar-refractivity contribution in [3.8, 4) is 5.75 Å². The number of hydrogen-bond donors (Lipinski definition) is 1. The number of nitro groups is 1. The standard InChI is InChI=1S/C10H6N2O4/c13-10-7-4-2-1-3-6(7)5-8(11-14)9(10)12(15)16/h1-5,13H. The van der Waals surface area contributed by atoms with Gasteiger partial charge in [0.05, 0.1) is 4.92 Å². The number of nitro benzene ring substituents is 1. The fraction of sp³-hybridized carbons (Fsp3) is 0. The number of phenols is 1. The Balaban J connectivity index is 2.93. The zero-order valence-electron chi connectivity index (χ0n) is 7.95. The van der Waals surface area contributed by atoms with Crippen molar-refractivity contribution in [3.05, 3.63) is 45.4 Å². The maximum absolute atomic E-state index is 10.7. The van der Waals surface area contributed by atoms with Crippen molar-refractivity contribution in [1.82, 2.24) is 0 Å². The number of rotatable bonds is 2. The first kappa shape index (κ1) is 10.0. The molecule has 0 atom stereocenters. The Morgan fingerprint density at radius 1 is 1.31 bits per heavy atom. The molecule has 0 saturated heterocycles. The van der Waals surface area contributed by atoms with Crippen LogP contribution in [0.3, 0.4) is 0 Å².